The summed E-state index contributed by atoms with van der Waals surface area (Å²) in [6.45, 7) is 4.16. The van der Waals surface area contributed by atoms with Crippen molar-refractivity contribution in [2.24, 2.45) is 0 Å². The lowest BCUT2D eigenvalue weighted by Gasteiger charge is -2.37. The third-order valence-corrected chi connectivity index (χ3v) is 6.04. The minimum absolute atomic E-state index is 0.103. The van der Waals surface area contributed by atoms with E-state index in [1.807, 2.05) is 18.2 Å². The first-order chi connectivity index (χ1) is 16.0. The van der Waals surface area contributed by atoms with E-state index in [2.05, 4.69) is 4.90 Å². The normalized spacial score (nSPS) is 15.1. The Morgan fingerprint density at radius 2 is 1.64 bits per heavy atom. The molecule has 2 heterocycles. The van der Waals surface area contributed by atoms with Crippen molar-refractivity contribution >= 4 is 33.3 Å². The number of fused-ring (bicyclic) bond motifs is 3. The fourth-order valence-corrected chi connectivity index (χ4v) is 4.28. The van der Waals surface area contributed by atoms with Crippen molar-refractivity contribution < 1.29 is 18.3 Å². The Morgan fingerprint density at radius 3 is 2.36 bits per heavy atom. The second-order valence-electron chi connectivity index (χ2n) is 8.14. The molecule has 1 atom stereocenters. The largest absolute Gasteiger partial charge is 0.481 e. The summed E-state index contributed by atoms with van der Waals surface area (Å²) in [6, 6.07) is 19.0. The molecule has 1 aliphatic rings. The second-order valence-corrected chi connectivity index (χ2v) is 8.14. The van der Waals surface area contributed by atoms with Crippen LogP contribution in [0.1, 0.15) is 6.92 Å². The lowest BCUT2D eigenvalue weighted by atomic mass is 10.1. The van der Waals surface area contributed by atoms with E-state index in [4.69, 9.17) is 9.15 Å². The predicted molar refractivity (Wildman–Crippen MR) is 125 cm³/mol. The fourth-order valence-electron chi connectivity index (χ4n) is 4.28. The van der Waals surface area contributed by atoms with E-state index < -0.39 is 11.7 Å². The van der Waals surface area contributed by atoms with E-state index in [1.54, 1.807) is 48.2 Å². The van der Waals surface area contributed by atoms with Crippen LogP contribution in [0.2, 0.25) is 0 Å². The van der Waals surface area contributed by atoms with Gasteiger partial charge >= 0.3 is 5.63 Å². The van der Waals surface area contributed by atoms with Gasteiger partial charge in [0.05, 0.1) is 5.39 Å². The number of carbonyl (C=O) groups excluding carboxylic acids is 1. The monoisotopic (exact) mass is 446 g/mol. The van der Waals surface area contributed by atoms with Crippen LogP contribution in [0.15, 0.2) is 75.9 Å². The zero-order valence-corrected chi connectivity index (χ0v) is 18.2. The van der Waals surface area contributed by atoms with E-state index in [1.165, 1.54) is 12.1 Å². The molecular weight excluding hydrogens is 423 g/mol. The maximum absolute atomic E-state index is 13.2. The molecule has 0 aliphatic carbocycles. The van der Waals surface area contributed by atoms with Crippen LogP contribution in [-0.2, 0) is 4.79 Å². The quantitative estimate of drug-likeness (QED) is 0.347. The number of carbonyl (C=O) groups is 1. The van der Waals surface area contributed by atoms with E-state index in [-0.39, 0.29) is 11.7 Å². The van der Waals surface area contributed by atoms with E-state index in [0.717, 1.165) is 16.5 Å². The third-order valence-electron chi connectivity index (χ3n) is 6.04. The summed E-state index contributed by atoms with van der Waals surface area (Å²) in [7, 11) is 0. The summed E-state index contributed by atoms with van der Waals surface area (Å²) >= 11 is 0. The van der Waals surface area contributed by atoms with Crippen LogP contribution in [0, 0.1) is 5.82 Å². The Hall–Kier alpha value is -3.87. The van der Waals surface area contributed by atoms with Gasteiger partial charge in [0.2, 0.25) is 0 Å². The number of ether oxygens (including phenoxy) is 1. The lowest BCUT2D eigenvalue weighted by molar-refractivity contribution is -0.138. The molecule has 3 aromatic carbocycles. The molecule has 0 N–H and O–H groups in total. The summed E-state index contributed by atoms with van der Waals surface area (Å²) in [5, 5.41) is 2.16. The van der Waals surface area contributed by atoms with Crippen LogP contribution in [-0.4, -0.2) is 43.1 Å². The van der Waals surface area contributed by atoms with E-state index in [0.29, 0.717) is 42.9 Å². The predicted octanol–water partition coefficient (Wildman–Crippen LogP) is 4.20. The van der Waals surface area contributed by atoms with E-state index >= 15 is 0 Å². The second kappa shape index (κ2) is 8.58. The van der Waals surface area contributed by atoms with Gasteiger partial charge in [-0.3, -0.25) is 4.79 Å². The smallest absolute Gasteiger partial charge is 0.344 e. The molecule has 0 spiro atoms. The molecule has 1 aliphatic heterocycles. The topological polar surface area (TPSA) is 63.0 Å². The summed E-state index contributed by atoms with van der Waals surface area (Å²) in [5.74, 6) is 0.0974. The number of halogens is 1. The highest BCUT2D eigenvalue weighted by atomic mass is 19.1. The molecule has 4 aromatic rings. The number of anilines is 1. The maximum atomic E-state index is 13.2. The molecule has 5 rings (SSSR count). The highest BCUT2D eigenvalue weighted by molar-refractivity contribution is 6.04. The molecule has 0 radical (unpaired) electrons. The molecule has 168 valence electrons. The van der Waals surface area contributed by atoms with Crippen molar-refractivity contribution in [1.82, 2.24) is 4.90 Å². The minimum Gasteiger partial charge on any atom is -0.481 e. The number of amides is 1. The van der Waals surface area contributed by atoms with Gasteiger partial charge in [-0.2, -0.15) is 0 Å². The molecule has 0 bridgehead atoms. The van der Waals surface area contributed by atoms with Crippen molar-refractivity contribution in [2.75, 3.05) is 31.1 Å². The summed E-state index contributed by atoms with van der Waals surface area (Å²) in [5.41, 5.74) is 0.958. The first kappa shape index (κ1) is 21.0. The Bertz CT molecular complexity index is 1370. The number of nitrogens with zero attached hydrogens (tertiary/aromatic N) is 2. The van der Waals surface area contributed by atoms with Crippen molar-refractivity contribution in [3.05, 3.63) is 83.0 Å². The Kier molecular flexibility index (Phi) is 5.46. The molecular formula is C26H23FN2O4. The van der Waals surface area contributed by atoms with Crippen molar-refractivity contribution in [3.63, 3.8) is 0 Å². The highest BCUT2D eigenvalue weighted by Crippen LogP contribution is 2.27. The van der Waals surface area contributed by atoms with Gasteiger partial charge in [-0.05, 0) is 54.8 Å². The van der Waals surface area contributed by atoms with Gasteiger partial charge in [0.1, 0.15) is 17.1 Å². The molecule has 1 unspecified atom stereocenters. The number of rotatable bonds is 4. The van der Waals surface area contributed by atoms with Gasteiger partial charge < -0.3 is 19.0 Å². The third kappa shape index (κ3) is 4.14. The minimum atomic E-state index is -0.688. The van der Waals surface area contributed by atoms with Crippen LogP contribution < -0.4 is 15.3 Å². The number of benzene rings is 3. The molecule has 1 fully saturated rings. The highest BCUT2D eigenvalue weighted by Gasteiger charge is 2.26. The number of hydrogen-bond acceptors (Lipinski definition) is 5. The van der Waals surface area contributed by atoms with Crippen molar-refractivity contribution in [2.45, 2.75) is 13.0 Å². The number of piperazine rings is 1. The maximum Gasteiger partial charge on any atom is 0.344 e. The van der Waals surface area contributed by atoms with Gasteiger partial charge in [-0.15, -0.1) is 0 Å². The first-order valence-electron chi connectivity index (χ1n) is 10.9. The number of hydrogen-bond donors (Lipinski definition) is 0. The van der Waals surface area contributed by atoms with Crippen LogP contribution in [0.25, 0.3) is 21.7 Å². The summed E-state index contributed by atoms with van der Waals surface area (Å²) < 4.78 is 24.5. The Balaban J connectivity index is 1.27. The van der Waals surface area contributed by atoms with Crippen LogP contribution in [0.3, 0.4) is 0 Å². The zero-order chi connectivity index (χ0) is 22.9. The average Bonchev–Trinajstić information content (AvgIpc) is 2.84. The van der Waals surface area contributed by atoms with E-state index in [9.17, 15) is 14.0 Å². The fraction of sp³-hybridized carbons (Fsp3) is 0.231. The van der Waals surface area contributed by atoms with Gasteiger partial charge in [0.15, 0.2) is 6.10 Å². The zero-order valence-electron chi connectivity index (χ0n) is 18.2. The van der Waals surface area contributed by atoms with Crippen LogP contribution in [0.4, 0.5) is 10.1 Å². The summed E-state index contributed by atoms with van der Waals surface area (Å²) in [4.78, 5) is 29.1. The summed E-state index contributed by atoms with van der Waals surface area (Å²) in [6.07, 6.45) is -0.688. The average molecular weight is 446 g/mol. The first-order valence-corrected chi connectivity index (χ1v) is 10.9. The SMILES string of the molecule is CC(Oc1ccc2c(c1)oc(=O)c1ccccc12)C(=O)N1CCN(c2ccc(F)cc2)CC1. The van der Waals surface area contributed by atoms with Gasteiger partial charge in [-0.25, -0.2) is 9.18 Å². The van der Waals surface area contributed by atoms with Gasteiger partial charge in [0, 0.05) is 43.3 Å². The molecule has 6 nitrogen and oxygen atoms in total. The lowest BCUT2D eigenvalue weighted by Crippen LogP contribution is -2.52. The van der Waals surface area contributed by atoms with Crippen LogP contribution in [0.5, 0.6) is 5.75 Å². The molecule has 1 saturated heterocycles. The van der Waals surface area contributed by atoms with Crippen molar-refractivity contribution in [3.8, 4) is 5.75 Å². The molecule has 33 heavy (non-hydrogen) atoms. The Labute approximate surface area is 189 Å². The Morgan fingerprint density at radius 1 is 0.939 bits per heavy atom. The molecule has 0 saturated carbocycles. The van der Waals surface area contributed by atoms with Crippen LogP contribution >= 0.6 is 0 Å². The molecule has 1 aromatic heterocycles. The molecule has 7 heteroatoms. The molecule has 1 amide bonds. The van der Waals surface area contributed by atoms with Crippen molar-refractivity contribution in [1.29, 1.82) is 0 Å². The van der Waals surface area contributed by atoms with Gasteiger partial charge in [0.25, 0.3) is 5.91 Å². The van der Waals surface area contributed by atoms with Gasteiger partial charge in [-0.1, -0.05) is 18.2 Å². The standard InChI is InChI=1S/C26H23FN2O4/c1-17(25(30)29-14-12-28(13-15-29)19-8-6-18(27)7-9-19)32-20-10-11-22-21-4-2-3-5-23(21)26(31)33-24(22)16-20/h2-11,16-17H,12-15H2,1H3.